The van der Waals surface area contributed by atoms with Crippen molar-refractivity contribution in [1.29, 1.82) is 0 Å². The molecular formula is C12H16BrClOS. The Balaban J connectivity index is 2.53. The molecule has 0 aliphatic heterocycles. The van der Waals surface area contributed by atoms with Gasteiger partial charge in [0, 0.05) is 10.9 Å². The van der Waals surface area contributed by atoms with Crippen LogP contribution in [0.4, 0.5) is 0 Å². The van der Waals surface area contributed by atoms with Crippen molar-refractivity contribution >= 4 is 40.2 Å². The van der Waals surface area contributed by atoms with Crippen LogP contribution >= 0.6 is 40.2 Å². The van der Waals surface area contributed by atoms with E-state index >= 15 is 0 Å². The van der Waals surface area contributed by atoms with Gasteiger partial charge in [0.25, 0.3) is 0 Å². The average molecular weight is 324 g/mol. The maximum absolute atomic E-state index is 5.86. The lowest BCUT2D eigenvalue weighted by Crippen LogP contribution is -2.13. The van der Waals surface area contributed by atoms with Gasteiger partial charge in [-0.05, 0) is 46.3 Å². The van der Waals surface area contributed by atoms with Crippen LogP contribution in [0.3, 0.4) is 0 Å². The Bertz CT molecular complexity index is 333. The Morgan fingerprint density at radius 2 is 2.25 bits per heavy atom. The largest absolute Gasteiger partial charge is 0.492 e. The third-order valence-corrected chi connectivity index (χ3v) is 3.69. The van der Waals surface area contributed by atoms with Gasteiger partial charge in [-0.25, -0.2) is 0 Å². The third kappa shape index (κ3) is 4.56. The van der Waals surface area contributed by atoms with Gasteiger partial charge in [0.15, 0.2) is 0 Å². The van der Waals surface area contributed by atoms with E-state index < -0.39 is 0 Å². The molecule has 0 saturated carbocycles. The number of halogens is 2. The molecule has 0 aliphatic rings. The van der Waals surface area contributed by atoms with Gasteiger partial charge < -0.3 is 4.74 Å². The quantitative estimate of drug-likeness (QED) is 0.738. The number of rotatable bonds is 6. The Hall–Kier alpha value is 0.140. The minimum Gasteiger partial charge on any atom is -0.492 e. The number of hydrogen-bond acceptors (Lipinski definition) is 2. The van der Waals surface area contributed by atoms with E-state index in [0.29, 0.717) is 17.5 Å². The van der Waals surface area contributed by atoms with E-state index in [1.165, 1.54) is 0 Å². The Morgan fingerprint density at radius 1 is 1.50 bits per heavy atom. The zero-order valence-corrected chi connectivity index (χ0v) is 12.5. The predicted molar refractivity (Wildman–Crippen MR) is 76.9 cm³/mol. The van der Waals surface area contributed by atoms with Crippen molar-refractivity contribution in [3.05, 3.63) is 27.7 Å². The summed E-state index contributed by atoms with van der Waals surface area (Å²) in [4.78, 5) is 0. The standard InChI is InChI=1S/C12H16BrClOS/c1-2-3-9(8-16)7-15-12-5-4-10(14)6-11(12)13/h4-6,9,16H,2-3,7-8H2,1H3. The van der Waals surface area contributed by atoms with Crippen LogP contribution in [0.1, 0.15) is 19.8 Å². The van der Waals surface area contributed by atoms with E-state index in [-0.39, 0.29) is 0 Å². The van der Waals surface area contributed by atoms with Crippen LogP contribution in [0.2, 0.25) is 5.02 Å². The molecule has 0 amide bonds. The fraction of sp³-hybridized carbons (Fsp3) is 0.500. The maximum atomic E-state index is 5.86. The summed E-state index contributed by atoms with van der Waals surface area (Å²) in [5, 5.41) is 0.707. The number of ether oxygens (including phenoxy) is 1. The van der Waals surface area contributed by atoms with Crippen molar-refractivity contribution in [3.63, 3.8) is 0 Å². The van der Waals surface area contributed by atoms with E-state index in [2.05, 4.69) is 35.5 Å². The fourth-order valence-electron chi connectivity index (χ4n) is 1.44. The van der Waals surface area contributed by atoms with Gasteiger partial charge >= 0.3 is 0 Å². The highest BCUT2D eigenvalue weighted by Crippen LogP contribution is 2.28. The molecule has 90 valence electrons. The molecule has 16 heavy (non-hydrogen) atoms. The SMILES string of the molecule is CCCC(CS)COc1ccc(Cl)cc1Br. The first kappa shape index (κ1) is 14.2. The Labute approximate surface area is 116 Å². The molecule has 0 aliphatic carbocycles. The Kier molecular flexibility index (Phi) is 6.62. The second-order valence-corrected chi connectivity index (χ2v) is 5.38. The van der Waals surface area contributed by atoms with Crippen LogP contribution in [0.5, 0.6) is 5.75 Å². The lowest BCUT2D eigenvalue weighted by atomic mass is 10.1. The summed E-state index contributed by atoms with van der Waals surface area (Å²) in [5.74, 6) is 2.21. The first-order valence-electron chi connectivity index (χ1n) is 5.36. The summed E-state index contributed by atoms with van der Waals surface area (Å²) in [5.41, 5.74) is 0. The molecule has 0 heterocycles. The van der Waals surface area contributed by atoms with Crippen LogP contribution in [-0.4, -0.2) is 12.4 Å². The molecule has 1 aromatic rings. The lowest BCUT2D eigenvalue weighted by Gasteiger charge is -2.15. The van der Waals surface area contributed by atoms with E-state index in [4.69, 9.17) is 16.3 Å². The molecule has 0 N–H and O–H groups in total. The molecular weight excluding hydrogens is 308 g/mol. The van der Waals surface area contributed by atoms with E-state index in [1.807, 2.05) is 18.2 Å². The molecule has 0 aromatic heterocycles. The molecule has 1 nitrogen and oxygen atoms in total. The van der Waals surface area contributed by atoms with E-state index in [0.717, 1.165) is 28.8 Å². The van der Waals surface area contributed by atoms with Gasteiger partial charge in [0.05, 0.1) is 11.1 Å². The molecule has 0 saturated heterocycles. The van der Waals surface area contributed by atoms with Crippen LogP contribution in [-0.2, 0) is 0 Å². The smallest absolute Gasteiger partial charge is 0.133 e. The highest BCUT2D eigenvalue weighted by Gasteiger charge is 2.08. The van der Waals surface area contributed by atoms with Crippen molar-refractivity contribution < 1.29 is 4.74 Å². The number of hydrogen-bond donors (Lipinski definition) is 1. The molecule has 0 fully saturated rings. The molecule has 1 unspecified atom stereocenters. The first-order valence-corrected chi connectivity index (χ1v) is 7.16. The van der Waals surface area contributed by atoms with E-state index in [1.54, 1.807) is 0 Å². The molecule has 1 rings (SSSR count). The van der Waals surface area contributed by atoms with Gasteiger partial charge in [-0.3, -0.25) is 0 Å². The van der Waals surface area contributed by atoms with Gasteiger partial charge in [-0.1, -0.05) is 24.9 Å². The molecule has 1 atom stereocenters. The van der Waals surface area contributed by atoms with Crippen molar-refractivity contribution in [3.8, 4) is 5.75 Å². The molecule has 1 aromatic carbocycles. The summed E-state index contributed by atoms with van der Waals surface area (Å²) in [7, 11) is 0. The van der Waals surface area contributed by atoms with Gasteiger partial charge in [-0.2, -0.15) is 12.6 Å². The third-order valence-electron chi connectivity index (χ3n) is 2.32. The summed E-state index contributed by atoms with van der Waals surface area (Å²) < 4.78 is 6.64. The monoisotopic (exact) mass is 322 g/mol. The number of thiol groups is 1. The van der Waals surface area contributed by atoms with Crippen LogP contribution < -0.4 is 4.74 Å². The number of benzene rings is 1. The summed E-state index contributed by atoms with van der Waals surface area (Å²) in [6, 6.07) is 5.55. The minimum atomic E-state index is 0.510. The second-order valence-electron chi connectivity index (χ2n) is 3.72. The zero-order valence-electron chi connectivity index (χ0n) is 9.25. The molecule has 0 radical (unpaired) electrons. The van der Waals surface area contributed by atoms with Crippen molar-refractivity contribution in [1.82, 2.24) is 0 Å². The molecule has 0 spiro atoms. The average Bonchev–Trinajstić information content (AvgIpc) is 2.26. The van der Waals surface area contributed by atoms with Crippen molar-refractivity contribution in [2.75, 3.05) is 12.4 Å². The van der Waals surface area contributed by atoms with E-state index in [9.17, 15) is 0 Å². The first-order chi connectivity index (χ1) is 7.67. The summed E-state index contributed by atoms with van der Waals surface area (Å²) in [6.07, 6.45) is 2.31. The topological polar surface area (TPSA) is 9.23 Å². The van der Waals surface area contributed by atoms with Crippen LogP contribution in [0.15, 0.2) is 22.7 Å². The van der Waals surface area contributed by atoms with Crippen LogP contribution in [0.25, 0.3) is 0 Å². The van der Waals surface area contributed by atoms with Gasteiger partial charge in [-0.15, -0.1) is 0 Å². The Morgan fingerprint density at radius 3 is 2.81 bits per heavy atom. The predicted octanol–water partition coefficient (Wildman–Crippen LogP) is 4.83. The highest BCUT2D eigenvalue weighted by molar-refractivity contribution is 9.10. The fourth-order valence-corrected chi connectivity index (χ4v) is 2.52. The summed E-state index contributed by atoms with van der Waals surface area (Å²) >= 11 is 13.6. The second kappa shape index (κ2) is 7.46. The van der Waals surface area contributed by atoms with Crippen LogP contribution in [0, 0.1) is 5.92 Å². The molecule has 4 heteroatoms. The van der Waals surface area contributed by atoms with Crippen molar-refractivity contribution in [2.24, 2.45) is 5.92 Å². The maximum Gasteiger partial charge on any atom is 0.133 e. The summed E-state index contributed by atoms with van der Waals surface area (Å²) in [6.45, 7) is 2.88. The minimum absolute atomic E-state index is 0.510. The van der Waals surface area contributed by atoms with Crippen molar-refractivity contribution in [2.45, 2.75) is 19.8 Å². The van der Waals surface area contributed by atoms with Gasteiger partial charge in [0.1, 0.15) is 5.75 Å². The normalized spacial score (nSPS) is 12.5. The molecule has 0 bridgehead atoms. The highest BCUT2D eigenvalue weighted by atomic mass is 79.9. The lowest BCUT2D eigenvalue weighted by molar-refractivity contribution is 0.253. The van der Waals surface area contributed by atoms with Gasteiger partial charge in [0.2, 0.25) is 0 Å². The zero-order chi connectivity index (χ0) is 12.0.